The summed E-state index contributed by atoms with van der Waals surface area (Å²) in [5, 5.41) is 1.00. The molecule has 0 spiro atoms. The molecule has 1 aromatic rings. The van der Waals surface area contributed by atoms with Gasteiger partial charge in [0.25, 0.3) is 0 Å². The minimum absolute atomic E-state index is 0.0682. The zero-order valence-corrected chi connectivity index (χ0v) is 17.3. The van der Waals surface area contributed by atoms with Crippen LogP contribution in [-0.2, 0) is 16.1 Å². The molecule has 2 amide bonds. The summed E-state index contributed by atoms with van der Waals surface area (Å²) >= 11 is 12.1. The van der Waals surface area contributed by atoms with E-state index in [0.29, 0.717) is 29.6 Å². The predicted octanol–water partition coefficient (Wildman–Crippen LogP) is 4.77. The van der Waals surface area contributed by atoms with E-state index in [1.54, 1.807) is 6.07 Å². The van der Waals surface area contributed by atoms with Crippen molar-refractivity contribution in [1.82, 2.24) is 9.80 Å². The van der Waals surface area contributed by atoms with E-state index in [1.165, 1.54) is 0 Å². The van der Waals surface area contributed by atoms with Crippen LogP contribution >= 0.6 is 23.2 Å². The molecule has 0 N–H and O–H groups in total. The number of halogens is 2. The van der Waals surface area contributed by atoms with Crippen molar-refractivity contribution in [1.29, 1.82) is 0 Å². The molecule has 1 aliphatic heterocycles. The summed E-state index contributed by atoms with van der Waals surface area (Å²) in [4.78, 5) is 29.1. The fourth-order valence-electron chi connectivity index (χ4n) is 3.36. The fourth-order valence-corrected chi connectivity index (χ4v) is 3.68. The van der Waals surface area contributed by atoms with E-state index in [1.807, 2.05) is 42.7 Å². The Morgan fingerprint density at radius 1 is 1.27 bits per heavy atom. The maximum Gasteiger partial charge on any atom is 0.228 e. The molecule has 2 rings (SSSR count). The number of hydrogen-bond acceptors (Lipinski definition) is 2. The van der Waals surface area contributed by atoms with Crippen molar-refractivity contribution in [3.05, 3.63) is 33.8 Å². The van der Waals surface area contributed by atoms with Gasteiger partial charge in [0.1, 0.15) is 0 Å². The lowest BCUT2D eigenvalue weighted by molar-refractivity contribution is -0.142. The van der Waals surface area contributed by atoms with Crippen molar-refractivity contribution in [3.8, 4) is 0 Å². The standard InChI is InChI=1S/C20H28Cl2N2O2/c1-4-6-19(25)23-10-5-7-16(13-23)20(26)24(14(2)3)12-15-8-9-17(21)18(22)11-15/h8-9,11,14,16H,4-7,10,12-13H2,1-3H3. The van der Waals surface area contributed by atoms with Crippen LogP contribution in [0.1, 0.15) is 52.0 Å². The Hall–Kier alpha value is -1.26. The molecule has 0 bridgehead atoms. The highest BCUT2D eigenvalue weighted by molar-refractivity contribution is 6.42. The van der Waals surface area contributed by atoms with E-state index in [0.717, 1.165) is 31.4 Å². The van der Waals surface area contributed by atoms with Crippen LogP contribution in [0.4, 0.5) is 0 Å². The summed E-state index contributed by atoms with van der Waals surface area (Å²) in [6.45, 7) is 7.81. The predicted molar refractivity (Wildman–Crippen MR) is 106 cm³/mol. The van der Waals surface area contributed by atoms with Crippen molar-refractivity contribution in [2.45, 2.75) is 59.0 Å². The highest BCUT2D eigenvalue weighted by Crippen LogP contribution is 2.25. The SMILES string of the molecule is CCCC(=O)N1CCCC(C(=O)N(Cc2ccc(Cl)c(Cl)c2)C(C)C)C1. The van der Waals surface area contributed by atoms with E-state index in [9.17, 15) is 9.59 Å². The molecule has 144 valence electrons. The number of amides is 2. The first kappa shape index (κ1) is 21.0. The summed E-state index contributed by atoms with van der Waals surface area (Å²) in [6.07, 6.45) is 3.10. The first-order valence-corrected chi connectivity index (χ1v) is 10.1. The molecule has 26 heavy (non-hydrogen) atoms. The van der Waals surface area contributed by atoms with Crippen LogP contribution in [0.15, 0.2) is 18.2 Å². The van der Waals surface area contributed by atoms with Crippen molar-refractivity contribution < 1.29 is 9.59 Å². The second-order valence-electron chi connectivity index (χ2n) is 7.24. The van der Waals surface area contributed by atoms with Gasteiger partial charge in [-0.25, -0.2) is 0 Å². The number of nitrogens with zero attached hydrogens (tertiary/aromatic N) is 2. The van der Waals surface area contributed by atoms with Gasteiger partial charge >= 0.3 is 0 Å². The summed E-state index contributed by atoms with van der Waals surface area (Å²) in [7, 11) is 0. The van der Waals surface area contributed by atoms with E-state index in [-0.39, 0.29) is 23.8 Å². The smallest absolute Gasteiger partial charge is 0.228 e. The maximum absolute atomic E-state index is 13.2. The summed E-state index contributed by atoms with van der Waals surface area (Å²) < 4.78 is 0. The zero-order chi connectivity index (χ0) is 19.3. The summed E-state index contributed by atoms with van der Waals surface area (Å²) in [6, 6.07) is 5.53. The third kappa shape index (κ3) is 5.37. The molecule has 0 radical (unpaired) electrons. The van der Waals surface area contributed by atoms with Crippen LogP contribution in [0.25, 0.3) is 0 Å². The topological polar surface area (TPSA) is 40.6 Å². The number of rotatable bonds is 6. The highest BCUT2D eigenvalue weighted by atomic mass is 35.5. The van der Waals surface area contributed by atoms with Crippen LogP contribution in [0.3, 0.4) is 0 Å². The Labute approximate surface area is 166 Å². The van der Waals surface area contributed by atoms with E-state index in [4.69, 9.17) is 23.2 Å². The Morgan fingerprint density at radius 3 is 2.62 bits per heavy atom. The summed E-state index contributed by atoms with van der Waals surface area (Å²) in [5.41, 5.74) is 0.955. The Bertz CT molecular complexity index is 649. The Balaban J connectivity index is 2.09. The van der Waals surface area contributed by atoms with Gasteiger partial charge in [0.05, 0.1) is 16.0 Å². The van der Waals surface area contributed by atoms with Crippen LogP contribution in [0.5, 0.6) is 0 Å². The van der Waals surface area contributed by atoms with Crippen molar-refractivity contribution in [3.63, 3.8) is 0 Å². The Morgan fingerprint density at radius 2 is 2.00 bits per heavy atom. The van der Waals surface area contributed by atoms with Crippen LogP contribution in [-0.4, -0.2) is 40.7 Å². The minimum Gasteiger partial charge on any atom is -0.342 e. The number of piperidine rings is 1. The van der Waals surface area contributed by atoms with Gasteiger partial charge in [-0.1, -0.05) is 36.2 Å². The normalized spacial score (nSPS) is 17.5. The monoisotopic (exact) mass is 398 g/mol. The van der Waals surface area contributed by atoms with E-state index < -0.39 is 0 Å². The minimum atomic E-state index is -0.130. The summed E-state index contributed by atoms with van der Waals surface area (Å²) in [5.74, 6) is 0.139. The van der Waals surface area contributed by atoms with Gasteiger partial charge in [-0.15, -0.1) is 0 Å². The molecule has 1 heterocycles. The number of hydrogen-bond donors (Lipinski definition) is 0. The van der Waals surface area contributed by atoms with Gasteiger partial charge in [-0.2, -0.15) is 0 Å². The molecular formula is C20H28Cl2N2O2. The molecule has 1 saturated heterocycles. The highest BCUT2D eigenvalue weighted by Gasteiger charge is 2.32. The number of carbonyl (C=O) groups excluding carboxylic acids is 2. The van der Waals surface area contributed by atoms with Gasteiger partial charge in [0.2, 0.25) is 11.8 Å². The number of benzene rings is 1. The lowest BCUT2D eigenvalue weighted by Crippen LogP contribution is -2.48. The first-order valence-electron chi connectivity index (χ1n) is 9.35. The van der Waals surface area contributed by atoms with Gasteiger partial charge in [0, 0.05) is 32.1 Å². The molecule has 4 nitrogen and oxygen atoms in total. The van der Waals surface area contributed by atoms with Gasteiger partial charge in [0.15, 0.2) is 0 Å². The molecule has 1 aromatic carbocycles. The molecular weight excluding hydrogens is 371 g/mol. The fraction of sp³-hybridized carbons (Fsp3) is 0.600. The molecule has 1 unspecified atom stereocenters. The molecule has 1 atom stereocenters. The molecule has 0 aromatic heterocycles. The first-order chi connectivity index (χ1) is 12.3. The molecule has 1 fully saturated rings. The van der Waals surface area contributed by atoms with Gasteiger partial charge in [-0.05, 0) is 50.8 Å². The lowest BCUT2D eigenvalue weighted by atomic mass is 9.95. The van der Waals surface area contributed by atoms with E-state index in [2.05, 4.69) is 0 Å². The molecule has 1 aliphatic rings. The zero-order valence-electron chi connectivity index (χ0n) is 15.8. The number of carbonyl (C=O) groups is 2. The van der Waals surface area contributed by atoms with Crippen molar-refractivity contribution >= 4 is 35.0 Å². The maximum atomic E-state index is 13.2. The lowest BCUT2D eigenvalue weighted by Gasteiger charge is -2.36. The van der Waals surface area contributed by atoms with Crippen LogP contribution in [0, 0.1) is 5.92 Å². The second kappa shape index (κ2) is 9.61. The van der Waals surface area contributed by atoms with Gasteiger partial charge in [-0.3, -0.25) is 9.59 Å². The molecule has 0 aliphatic carbocycles. The largest absolute Gasteiger partial charge is 0.342 e. The van der Waals surface area contributed by atoms with Crippen molar-refractivity contribution in [2.75, 3.05) is 13.1 Å². The van der Waals surface area contributed by atoms with Crippen LogP contribution < -0.4 is 0 Å². The second-order valence-corrected chi connectivity index (χ2v) is 8.05. The third-order valence-corrected chi connectivity index (χ3v) is 5.57. The van der Waals surface area contributed by atoms with Crippen LogP contribution in [0.2, 0.25) is 10.0 Å². The van der Waals surface area contributed by atoms with E-state index >= 15 is 0 Å². The Kier molecular flexibility index (Phi) is 7.78. The van der Waals surface area contributed by atoms with Gasteiger partial charge < -0.3 is 9.80 Å². The average molecular weight is 399 g/mol. The van der Waals surface area contributed by atoms with Crippen molar-refractivity contribution in [2.24, 2.45) is 5.92 Å². The molecule has 0 saturated carbocycles. The molecule has 6 heteroatoms. The third-order valence-electron chi connectivity index (χ3n) is 4.83. The average Bonchev–Trinajstić information content (AvgIpc) is 2.62. The quantitative estimate of drug-likeness (QED) is 0.692. The number of likely N-dealkylation sites (tertiary alicyclic amines) is 1.